The van der Waals surface area contributed by atoms with E-state index in [0.717, 1.165) is 23.8 Å². The molecule has 1 amide bonds. The lowest BCUT2D eigenvalue weighted by atomic mass is 10.1. The zero-order valence-corrected chi connectivity index (χ0v) is 16.1. The van der Waals surface area contributed by atoms with E-state index in [1.807, 2.05) is 0 Å². The van der Waals surface area contributed by atoms with Gasteiger partial charge < -0.3 is 14.6 Å². The molecule has 8 heteroatoms. The summed E-state index contributed by atoms with van der Waals surface area (Å²) in [5.74, 6) is 0.498. The van der Waals surface area contributed by atoms with Crippen LogP contribution in [0.15, 0.2) is 42.6 Å². The molecule has 3 heterocycles. The molecular weight excluding hydrogens is 362 g/mol. The molecule has 1 N–H and O–H groups in total. The van der Waals surface area contributed by atoms with Crippen molar-refractivity contribution in [3.05, 3.63) is 58.3 Å². The monoisotopic (exact) mass is 383 g/mol. The maximum absolute atomic E-state index is 12.4. The van der Waals surface area contributed by atoms with Crippen LogP contribution in [0, 0.1) is 0 Å². The average Bonchev–Trinajstić information content (AvgIpc) is 3.34. The molecule has 140 valence electrons. The van der Waals surface area contributed by atoms with E-state index in [1.54, 1.807) is 31.4 Å². The van der Waals surface area contributed by atoms with Crippen molar-refractivity contribution in [3.8, 4) is 5.75 Å². The number of amides is 1. The van der Waals surface area contributed by atoms with Crippen LogP contribution in [0.2, 0.25) is 0 Å². The third-order valence-electron chi connectivity index (χ3n) is 4.82. The zero-order chi connectivity index (χ0) is 18.8. The first kappa shape index (κ1) is 17.7. The first-order valence-corrected chi connectivity index (χ1v) is 9.62. The van der Waals surface area contributed by atoms with Crippen LogP contribution < -0.4 is 10.1 Å². The van der Waals surface area contributed by atoms with Crippen LogP contribution in [0.5, 0.6) is 5.75 Å². The normalized spacial score (nSPS) is 16.7. The van der Waals surface area contributed by atoms with Gasteiger partial charge in [0, 0.05) is 36.7 Å². The molecule has 0 spiro atoms. The lowest BCUT2D eigenvalue weighted by Gasteiger charge is -2.34. The summed E-state index contributed by atoms with van der Waals surface area (Å²) in [6, 6.07) is 11.7. The molecule has 1 atom stereocenters. The number of fused-ring (bicyclic) bond motifs is 1. The summed E-state index contributed by atoms with van der Waals surface area (Å²) in [6.45, 7) is 4.81. The smallest absolute Gasteiger partial charge is 0.286 e. The van der Waals surface area contributed by atoms with Gasteiger partial charge in [-0.05, 0) is 43.3 Å². The highest BCUT2D eigenvalue weighted by Crippen LogP contribution is 2.27. The second-order valence-corrected chi connectivity index (χ2v) is 7.52. The minimum atomic E-state index is -0.246. The van der Waals surface area contributed by atoms with Crippen molar-refractivity contribution in [3.63, 3.8) is 0 Å². The number of hydrogen-bond donors (Lipinski definition) is 1. The number of rotatable bonds is 5. The second-order valence-electron chi connectivity index (χ2n) is 6.46. The Morgan fingerprint density at radius 2 is 2.07 bits per heavy atom. The van der Waals surface area contributed by atoms with Crippen molar-refractivity contribution in [1.29, 1.82) is 0 Å². The topological polar surface area (TPSA) is 72.3 Å². The molecule has 0 bridgehead atoms. The van der Waals surface area contributed by atoms with Crippen LogP contribution >= 0.6 is 11.3 Å². The first-order valence-electron chi connectivity index (χ1n) is 8.81. The van der Waals surface area contributed by atoms with Crippen molar-refractivity contribution >= 4 is 22.9 Å². The Bertz CT molecular complexity index is 934. The van der Waals surface area contributed by atoms with Crippen molar-refractivity contribution in [1.82, 2.24) is 19.7 Å². The molecule has 0 saturated heterocycles. The van der Waals surface area contributed by atoms with Gasteiger partial charge in [-0.2, -0.15) is 0 Å². The molecule has 1 aromatic carbocycles. The molecule has 3 aromatic rings. The van der Waals surface area contributed by atoms with E-state index in [9.17, 15) is 4.79 Å². The van der Waals surface area contributed by atoms with Crippen molar-refractivity contribution in [2.24, 2.45) is 0 Å². The Balaban J connectivity index is 1.40. The van der Waals surface area contributed by atoms with Crippen molar-refractivity contribution in [2.75, 3.05) is 19.0 Å². The number of carbonyl (C=O) groups excluding carboxylic acids is 1. The van der Waals surface area contributed by atoms with E-state index in [-0.39, 0.29) is 5.91 Å². The molecule has 0 radical (unpaired) electrons. The number of anilines is 1. The van der Waals surface area contributed by atoms with Crippen LogP contribution in [0.1, 0.15) is 33.5 Å². The standard InChI is InChI=1S/C19H21N5O2S/c1-13-16-4-3-9-23(16)10-11-24(13)12-17-21-22-19(27-17)18(25)20-14-5-7-15(26-2)8-6-14/h3-9,13H,10-12H2,1-2H3,(H,20,25). The molecule has 27 heavy (non-hydrogen) atoms. The summed E-state index contributed by atoms with van der Waals surface area (Å²) in [4.78, 5) is 14.8. The van der Waals surface area contributed by atoms with Crippen molar-refractivity contribution in [2.45, 2.75) is 26.1 Å². The van der Waals surface area contributed by atoms with Crippen LogP contribution in [-0.2, 0) is 13.1 Å². The number of carbonyl (C=O) groups is 1. The van der Waals surface area contributed by atoms with Gasteiger partial charge in [0.1, 0.15) is 10.8 Å². The number of nitrogens with zero attached hydrogens (tertiary/aromatic N) is 4. The Morgan fingerprint density at radius 3 is 2.85 bits per heavy atom. The third kappa shape index (κ3) is 3.72. The number of aromatic nitrogens is 3. The highest BCUT2D eigenvalue weighted by atomic mass is 32.1. The first-order chi connectivity index (χ1) is 13.1. The van der Waals surface area contributed by atoms with Gasteiger partial charge in [0.25, 0.3) is 5.91 Å². The van der Waals surface area contributed by atoms with E-state index >= 15 is 0 Å². The van der Waals surface area contributed by atoms with E-state index < -0.39 is 0 Å². The molecule has 1 aliphatic rings. The molecule has 0 fully saturated rings. The van der Waals surface area contributed by atoms with Gasteiger partial charge in [0.15, 0.2) is 0 Å². The van der Waals surface area contributed by atoms with Crippen LogP contribution in [0.4, 0.5) is 5.69 Å². The fourth-order valence-corrected chi connectivity index (χ4v) is 4.05. The largest absolute Gasteiger partial charge is 0.497 e. The Hall–Kier alpha value is -2.71. The quantitative estimate of drug-likeness (QED) is 0.733. The van der Waals surface area contributed by atoms with Gasteiger partial charge in [-0.3, -0.25) is 9.69 Å². The maximum Gasteiger partial charge on any atom is 0.286 e. The van der Waals surface area contributed by atoms with Gasteiger partial charge in [0.2, 0.25) is 5.01 Å². The summed E-state index contributed by atoms with van der Waals surface area (Å²) in [6.07, 6.45) is 2.12. The minimum Gasteiger partial charge on any atom is -0.497 e. The van der Waals surface area contributed by atoms with Crippen LogP contribution in [0.25, 0.3) is 0 Å². The SMILES string of the molecule is COc1ccc(NC(=O)c2nnc(CN3CCn4cccc4C3C)s2)cc1. The number of benzene rings is 1. The predicted molar refractivity (Wildman–Crippen MR) is 104 cm³/mol. The summed E-state index contributed by atoms with van der Waals surface area (Å²) in [7, 11) is 1.61. The Morgan fingerprint density at radius 1 is 1.26 bits per heavy atom. The molecule has 1 aliphatic heterocycles. The van der Waals surface area contributed by atoms with Crippen molar-refractivity contribution < 1.29 is 9.53 Å². The molecule has 2 aromatic heterocycles. The predicted octanol–water partition coefficient (Wildman–Crippen LogP) is 3.18. The molecule has 4 rings (SSSR count). The lowest BCUT2D eigenvalue weighted by Crippen LogP contribution is -2.35. The Labute approximate surface area is 161 Å². The van der Waals surface area contributed by atoms with Gasteiger partial charge in [-0.25, -0.2) is 0 Å². The number of hydrogen-bond acceptors (Lipinski definition) is 6. The van der Waals surface area contributed by atoms with Gasteiger partial charge in [-0.15, -0.1) is 10.2 Å². The molecule has 7 nitrogen and oxygen atoms in total. The van der Waals surface area contributed by atoms with Crippen LogP contribution in [-0.4, -0.2) is 39.2 Å². The second kappa shape index (κ2) is 7.50. The lowest BCUT2D eigenvalue weighted by molar-refractivity contribution is 0.102. The number of methoxy groups -OCH3 is 1. The van der Waals surface area contributed by atoms with E-state index in [0.29, 0.717) is 23.3 Å². The summed E-state index contributed by atoms with van der Waals surface area (Å²) in [5.41, 5.74) is 2.01. The summed E-state index contributed by atoms with van der Waals surface area (Å²) < 4.78 is 7.41. The summed E-state index contributed by atoms with van der Waals surface area (Å²) in [5, 5.41) is 12.3. The Kier molecular flexibility index (Phi) is 4.91. The summed E-state index contributed by atoms with van der Waals surface area (Å²) >= 11 is 1.34. The van der Waals surface area contributed by atoms with Crippen LogP contribution in [0.3, 0.4) is 0 Å². The van der Waals surface area contributed by atoms with Gasteiger partial charge in [0.05, 0.1) is 13.7 Å². The molecule has 1 unspecified atom stereocenters. The third-order valence-corrected chi connectivity index (χ3v) is 5.72. The molecule has 0 aliphatic carbocycles. The highest BCUT2D eigenvalue weighted by Gasteiger charge is 2.25. The van der Waals surface area contributed by atoms with E-state index in [1.165, 1.54) is 17.0 Å². The zero-order valence-electron chi connectivity index (χ0n) is 15.3. The van der Waals surface area contributed by atoms with E-state index in [4.69, 9.17) is 4.74 Å². The molecular formula is C19H21N5O2S. The van der Waals surface area contributed by atoms with Gasteiger partial charge >= 0.3 is 0 Å². The highest BCUT2D eigenvalue weighted by molar-refractivity contribution is 7.13. The fourth-order valence-electron chi connectivity index (χ4n) is 3.28. The fraction of sp³-hybridized carbons (Fsp3) is 0.316. The number of nitrogens with one attached hydrogen (secondary N) is 1. The minimum absolute atomic E-state index is 0.246. The number of ether oxygens (including phenoxy) is 1. The van der Waals surface area contributed by atoms with Gasteiger partial charge in [-0.1, -0.05) is 11.3 Å². The maximum atomic E-state index is 12.4. The van der Waals surface area contributed by atoms with E-state index in [2.05, 4.69) is 50.2 Å². The molecule has 0 saturated carbocycles. The average molecular weight is 383 g/mol.